The molecule has 31 heavy (non-hydrogen) atoms. The minimum absolute atomic E-state index is 0.406. The third-order valence-corrected chi connectivity index (χ3v) is 6.61. The third kappa shape index (κ3) is 3.45. The van der Waals surface area contributed by atoms with Crippen LogP contribution in [-0.2, 0) is 0 Å². The predicted octanol–water partition coefficient (Wildman–Crippen LogP) is 4.84. The molecule has 1 aliphatic rings. The van der Waals surface area contributed by atoms with Crippen LogP contribution in [0.25, 0.3) is 38.4 Å². The van der Waals surface area contributed by atoms with Crippen molar-refractivity contribution in [3.63, 3.8) is 0 Å². The molecule has 1 aliphatic heterocycles. The number of aromatic nitrogens is 4. The summed E-state index contributed by atoms with van der Waals surface area (Å²) >= 11 is 1.63. The van der Waals surface area contributed by atoms with Crippen molar-refractivity contribution in [3.8, 4) is 22.6 Å². The first kappa shape index (κ1) is 18.5. The summed E-state index contributed by atoms with van der Waals surface area (Å²) in [7, 11) is 0. The molecule has 6 rings (SSSR count). The van der Waals surface area contributed by atoms with Gasteiger partial charge in [0.15, 0.2) is 4.96 Å². The van der Waals surface area contributed by atoms with E-state index in [1.54, 1.807) is 11.3 Å². The van der Waals surface area contributed by atoms with Crippen LogP contribution in [0.3, 0.4) is 0 Å². The van der Waals surface area contributed by atoms with E-state index in [4.69, 9.17) is 9.97 Å². The molecule has 0 radical (unpaired) electrons. The first-order chi connectivity index (χ1) is 15.3. The first-order valence-electron chi connectivity index (χ1n) is 10.6. The van der Waals surface area contributed by atoms with Crippen molar-refractivity contribution in [1.29, 1.82) is 0 Å². The molecule has 0 spiro atoms. The maximum Gasteiger partial charge on any atom is 0.223 e. The predicted molar refractivity (Wildman–Crippen MR) is 127 cm³/mol. The summed E-state index contributed by atoms with van der Waals surface area (Å²) in [6.07, 6.45) is 6.06. The molecule has 0 saturated carbocycles. The van der Waals surface area contributed by atoms with Gasteiger partial charge in [-0.3, -0.25) is 4.40 Å². The van der Waals surface area contributed by atoms with Gasteiger partial charge in [0.25, 0.3) is 0 Å². The molecule has 7 heteroatoms. The van der Waals surface area contributed by atoms with E-state index in [1.807, 2.05) is 12.3 Å². The zero-order valence-corrected chi connectivity index (χ0v) is 17.8. The number of fused-ring (bicyclic) bond motifs is 2. The first-order valence-corrected chi connectivity index (χ1v) is 11.5. The summed E-state index contributed by atoms with van der Waals surface area (Å²) in [5.74, 6) is 0.680. The molecule has 0 bridgehead atoms. The van der Waals surface area contributed by atoms with Crippen LogP contribution >= 0.6 is 11.3 Å². The van der Waals surface area contributed by atoms with Gasteiger partial charge in [-0.2, -0.15) is 0 Å². The average Bonchev–Trinajstić information content (AvgIpc) is 3.41. The summed E-state index contributed by atoms with van der Waals surface area (Å²) in [6.45, 7) is 2.06. The SMILES string of the molecule is c1ccc2cc(-c3nc4sccn4c3-c3ccnc(NC4CCNCC4)n3)ccc2c1. The molecule has 154 valence electrons. The van der Waals surface area contributed by atoms with Crippen LogP contribution in [0.4, 0.5) is 5.95 Å². The molecule has 0 atom stereocenters. The van der Waals surface area contributed by atoms with E-state index in [-0.39, 0.29) is 0 Å². The molecule has 5 aromatic rings. The van der Waals surface area contributed by atoms with Gasteiger partial charge in [-0.05, 0) is 48.8 Å². The molecular formula is C24H22N6S. The lowest BCUT2D eigenvalue weighted by Gasteiger charge is -2.23. The number of nitrogens with zero attached hydrogens (tertiary/aromatic N) is 4. The highest BCUT2D eigenvalue weighted by Crippen LogP contribution is 2.35. The molecule has 1 saturated heterocycles. The summed E-state index contributed by atoms with van der Waals surface area (Å²) in [5.41, 5.74) is 3.92. The van der Waals surface area contributed by atoms with Crippen molar-refractivity contribution >= 4 is 33.0 Å². The van der Waals surface area contributed by atoms with Gasteiger partial charge in [0.05, 0.1) is 11.4 Å². The Morgan fingerprint density at radius 3 is 2.77 bits per heavy atom. The Balaban J connectivity index is 1.45. The summed E-state index contributed by atoms with van der Waals surface area (Å²) in [4.78, 5) is 15.3. The lowest BCUT2D eigenvalue weighted by Crippen LogP contribution is -2.35. The minimum Gasteiger partial charge on any atom is -0.351 e. The Labute approximate surface area is 184 Å². The number of anilines is 1. The van der Waals surface area contributed by atoms with E-state index in [2.05, 4.69) is 74.1 Å². The maximum absolute atomic E-state index is 4.96. The fourth-order valence-corrected chi connectivity index (χ4v) is 4.99. The normalized spacial score (nSPS) is 15.0. The van der Waals surface area contributed by atoms with Crippen LogP contribution < -0.4 is 10.6 Å². The molecular weight excluding hydrogens is 404 g/mol. The number of nitrogens with one attached hydrogen (secondary N) is 2. The molecule has 0 amide bonds. The van der Waals surface area contributed by atoms with E-state index in [9.17, 15) is 0 Å². The van der Waals surface area contributed by atoms with Crippen LogP contribution in [0.2, 0.25) is 0 Å². The number of hydrogen-bond acceptors (Lipinski definition) is 6. The Morgan fingerprint density at radius 1 is 1.00 bits per heavy atom. The minimum atomic E-state index is 0.406. The van der Waals surface area contributed by atoms with Gasteiger partial charge < -0.3 is 10.6 Å². The Hall–Kier alpha value is -3.29. The van der Waals surface area contributed by atoms with E-state index >= 15 is 0 Å². The van der Waals surface area contributed by atoms with E-state index in [1.165, 1.54) is 10.8 Å². The maximum atomic E-state index is 4.96. The number of benzene rings is 2. The monoisotopic (exact) mass is 426 g/mol. The summed E-state index contributed by atoms with van der Waals surface area (Å²) < 4.78 is 2.13. The number of hydrogen-bond donors (Lipinski definition) is 2. The van der Waals surface area contributed by atoms with E-state index in [0.717, 1.165) is 53.5 Å². The Kier molecular flexibility index (Phi) is 4.62. The van der Waals surface area contributed by atoms with Crippen molar-refractivity contribution in [2.24, 2.45) is 0 Å². The quantitative estimate of drug-likeness (QED) is 0.431. The molecule has 4 heterocycles. The summed E-state index contributed by atoms with van der Waals surface area (Å²) in [6, 6.07) is 17.3. The van der Waals surface area contributed by atoms with Crippen LogP contribution in [-0.4, -0.2) is 38.5 Å². The zero-order chi connectivity index (χ0) is 20.6. The highest BCUT2D eigenvalue weighted by Gasteiger charge is 2.20. The highest BCUT2D eigenvalue weighted by atomic mass is 32.1. The molecule has 0 unspecified atom stereocenters. The van der Waals surface area contributed by atoms with Crippen molar-refractivity contribution in [2.75, 3.05) is 18.4 Å². The third-order valence-electron chi connectivity index (χ3n) is 5.86. The number of thiazole rings is 1. The molecule has 0 aliphatic carbocycles. The van der Waals surface area contributed by atoms with Crippen LogP contribution in [0.15, 0.2) is 66.3 Å². The van der Waals surface area contributed by atoms with Gasteiger partial charge in [-0.1, -0.05) is 36.4 Å². The van der Waals surface area contributed by atoms with E-state index < -0.39 is 0 Å². The van der Waals surface area contributed by atoms with Crippen LogP contribution in [0.5, 0.6) is 0 Å². The molecule has 6 nitrogen and oxygen atoms in total. The van der Waals surface area contributed by atoms with Gasteiger partial charge >= 0.3 is 0 Å². The largest absolute Gasteiger partial charge is 0.351 e. The lowest BCUT2D eigenvalue weighted by molar-refractivity contribution is 0.477. The average molecular weight is 427 g/mol. The van der Waals surface area contributed by atoms with Crippen LogP contribution in [0, 0.1) is 0 Å². The molecule has 1 fully saturated rings. The molecule has 2 N–H and O–H groups in total. The van der Waals surface area contributed by atoms with Gasteiger partial charge in [0, 0.05) is 29.4 Å². The van der Waals surface area contributed by atoms with Gasteiger partial charge in [-0.15, -0.1) is 11.3 Å². The van der Waals surface area contributed by atoms with E-state index in [0.29, 0.717) is 12.0 Å². The van der Waals surface area contributed by atoms with Gasteiger partial charge in [-0.25, -0.2) is 15.0 Å². The lowest BCUT2D eigenvalue weighted by atomic mass is 10.0. The number of piperidine rings is 1. The smallest absolute Gasteiger partial charge is 0.223 e. The number of rotatable bonds is 4. The van der Waals surface area contributed by atoms with Crippen molar-refractivity contribution in [2.45, 2.75) is 18.9 Å². The zero-order valence-electron chi connectivity index (χ0n) is 17.0. The standard InChI is InChI=1S/C24H22N6S/c1-2-4-17-15-18(6-5-16(17)3-1)21-22(30-13-14-31-24(30)29-21)20-9-12-26-23(28-20)27-19-7-10-25-11-8-19/h1-6,9,12-15,19,25H,7-8,10-11H2,(H,26,27,28). The van der Waals surface area contributed by atoms with Crippen molar-refractivity contribution < 1.29 is 0 Å². The second kappa shape index (κ2) is 7.76. The van der Waals surface area contributed by atoms with Gasteiger partial charge in [0.2, 0.25) is 5.95 Å². The molecule has 2 aromatic carbocycles. The second-order valence-electron chi connectivity index (χ2n) is 7.86. The van der Waals surface area contributed by atoms with Crippen molar-refractivity contribution in [1.82, 2.24) is 24.7 Å². The Bertz CT molecular complexity index is 1370. The van der Waals surface area contributed by atoms with Gasteiger partial charge in [0.1, 0.15) is 5.69 Å². The molecule has 3 aromatic heterocycles. The topological polar surface area (TPSA) is 67.1 Å². The fraction of sp³-hybridized carbons (Fsp3) is 0.208. The van der Waals surface area contributed by atoms with Crippen LogP contribution in [0.1, 0.15) is 12.8 Å². The highest BCUT2D eigenvalue weighted by molar-refractivity contribution is 7.15. The summed E-state index contributed by atoms with van der Waals surface area (Å²) in [5, 5.41) is 11.4. The second-order valence-corrected chi connectivity index (χ2v) is 8.73. The fourth-order valence-electron chi connectivity index (χ4n) is 4.28. The van der Waals surface area contributed by atoms with Crippen molar-refractivity contribution in [3.05, 3.63) is 66.3 Å². The Morgan fingerprint density at radius 2 is 1.87 bits per heavy atom. The number of imidazole rings is 1.